The second-order valence-corrected chi connectivity index (χ2v) is 4.57. The minimum absolute atomic E-state index is 0.161. The summed E-state index contributed by atoms with van der Waals surface area (Å²) in [7, 11) is 3.24. The van der Waals surface area contributed by atoms with Crippen molar-refractivity contribution in [3.63, 3.8) is 0 Å². The van der Waals surface area contributed by atoms with Crippen LogP contribution in [0.15, 0.2) is 18.2 Å². The van der Waals surface area contributed by atoms with E-state index in [1.165, 1.54) is 0 Å². The fraction of sp³-hybridized carbons (Fsp3) is 0.538. The second-order valence-electron chi connectivity index (χ2n) is 4.57. The highest BCUT2D eigenvalue weighted by molar-refractivity contribution is 5.41. The van der Waals surface area contributed by atoms with Gasteiger partial charge >= 0.3 is 0 Å². The molecule has 0 amide bonds. The molecule has 0 unspecified atom stereocenters. The Labute approximate surface area is 103 Å². The van der Waals surface area contributed by atoms with Crippen LogP contribution in [0.4, 0.5) is 0 Å². The zero-order chi connectivity index (χ0) is 12.9. The summed E-state index contributed by atoms with van der Waals surface area (Å²) in [6.45, 7) is 5.52. The molecule has 0 aromatic heterocycles. The Morgan fingerprint density at radius 1 is 1.29 bits per heavy atom. The van der Waals surface area contributed by atoms with Crippen molar-refractivity contribution in [3.05, 3.63) is 23.8 Å². The maximum atomic E-state index is 9.46. The van der Waals surface area contributed by atoms with E-state index in [2.05, 4.69) is 5.32 Å². The number of rotatable bonds is 6. The molecule has 0 fully saturated rings. The van der Waals surface area contributed by atoms with E-state index in [1.807, 2.05) is 26.0 Å². The Morgan fingerprint density at radius 2 is 2.00 bits per heavy atom. The highest BCUT2D eigenvalue weighted by Gasteiger charge is 2.15. The van der Waals surface area contributed by atoms with E-state index in [0.717, 1.165) is 12.1 Å². The fourth-order valence-corrected chi connectivity index (χ4v) is 1.41. The van der Waals surface area contributed by atoms with E-state index in [1.54, 1.807) is 20.3 Å². The molecule has 0 spiro atoms. The smallest absolute Gasteiger partial charge is 0.160 e. The lowest BCUT2D eigenvalue weighted by Gasteiger charge is -2.23. The van der Waals surface area contributed by atoms with Crippen molar-refractivity contribution in [1.29, 1.82) is 0 Å². The summed E-state index contributed by atoms with van der Waals surface area (Å²) in [4.78, 5) is 0. The molecule has 1 aromatic carbocycles. The van der Waals surface area contributed by atoms with Crippen molar-refractivity contribution in [3.8, 4) is 11.5 Å². The lowest BCUT2D eigenvalue weighted by atomic mass is 10.1. The van der Waals surface area contributed by atoms with Crippen LogP contribution in [0, 0.1) is 0 Å². The molecule has 2 N–H and O–H groups in total. The van der Waals surface area contributed by atoms with Gasteiger partial charge in [-0.15, -0.1) is 0 Å². The van der Waals surface area contributed by atoms with Crippen molar-refractivity contribution in [1.82, 2.24) is 5.32 Å². The zero-order valence-corrected chi connectivity index (χ0v) is 10.9. The number of hydrogen-bond acceptors (Lipinski definition) is 4. The largest absolute Gasteiger partial charge is 0.504 e. The second kappa shape index (κ2) is 5.89. The van der Waals surface area contributed by atoms with Gasteiger partial charge in [-0.1, -0.05) is 6.07 Å². The lowest BCUT2D eigenvalue weighted by molar-refractivity contribution is 0.0230. The lowest BCUT2D eigenvalue weighted by Crippen LogP contribution is -2.36. The van der Waals surface area contributed by atoms with Gasteiger partial charge in [-0.3, -0.25) is 0 Å². The Kier molecular flexibility index (Phi) is 4.78. The summed E-state index contributed by atoms with van der Waals surface area (Å²) in [5.41, 5.74) is 0.882. The normalized spacial score (nSPS) is 11.5. The van der Waals surface area contributed by atoms with Crippen LogP contribution in [0.3, 0.4) is 0 Å². The van der Waals surface area contributed by atoms with Gasteiger partial charge in [0.15, 0.2) is 11.5 Å². The van der Waals surface area contributed by atoms with Crippen molar-refractivity contribution in [2.24, 2.45) is 0 Å². The Bertz CT molecular complexity index is 364. The summed E-state index contributed by atoms with van der Waals surface area (Å²) < 4.78 is 10.4. The topological polar surface area (TPSA) is 50.7 Å². The number of ether oxygens (including phenoxy) is 2. The Hall–Kier alpha value is -1.26. The molecule has 17 heavy (non-hydrogen) atoms. The Balaban J connectivity index is 2.53. The monoisotopic (exact) mass is 239 g/mol. The van der Waals surface area contributed by atoms with Crippen LogP contribution >= 0.6 is 0 Å². The molecule has 4 nitrogen and oxygen atoms in total. The van der Waals surface area contributed by atoms with E-state index in [4.69, 9.17) is 9.47 Å². The Morgan fingerprint density at radius 3 is 2.59 bits per heavy atom. The van der Waals surface area contributed by atoms with Gasteiger partial charge in [-0.2, -0.15) is 0 Å². The van der Waals surface area contributed by atoms with Crippen LogP contribution in [0.1, 0.15) is 19.4 Å². The molecule has 4 heteroatoms. The molecule has 96 valence electrons. The molecule has 0 saturated carbocycles. The summed E-state index contributed by atoms with van der Waals surface area (Å²) >= 11 is 0. The van der Waals surface area contributed by atoms with Gasteiger partial charge in [0.1, 0.15) is 0 Å². The van der Waals surface area contributed by atoms with Crippen molar-refractivity contribution in [2.45, 2.75) is 26.0 Å². The molecule has 0 atom stereocenters. The molecule has 1 aromatic rings. The molecule has 0 aliphatic heterocycles. The van der Waals surface area contributed by atoms with Gasteiger partial charge < -0.3 is 19.9 Å². The molecular formula is C13H21NO3. The number of nitrogens with one attached hydrogen (secondary N) is 1. The molecule has 1 rings (SSSR count). The number of benzene rings is 1. The van der Waals surface area contributed by atoms with E-state index in [9.17, 15) is 5.11 Å². The maximum Gasteiger partial charge on any atom is 0.160 e. The fourth-order valence-electron chi connectivity index (χ4n) is 1.41. The van der Waals surface area contributed by atoms with Crippen molar-refractivity contribution < 1.29 is 14.6 Å². The highest BCUT2D eigenvalue weighted by Crippen LogP contribution is 2.26. The van der Waals surface area contributed by atoms with Crippen LogP contribution < -0.4 is 10.1 Å². The van der Waals surface area contributed by atoms with Gasteiger partial charge in [0, 0.05) is 20.2 Å². The first kappa shape index (κ1) is 13.8. The highest BCUT2D eigenvalue weighted by atomic mass is 16.5. The molecule has 0 heterocycles. The predicted octanol–water partition coefficient (Wildman–Crippen LogP) is 1.92. The van der Waals surface area contributed by atoms with Crippen LogP contribution in [-0.2, 0) is 11.3 Å². The number of hydrogen-bond donors (Lipinski definition) is 2. The summed E-state index contributed by atoms with van der Waals surface area (Å²) in [6, 6.07) is 5.32. The zero-order valence-electron chi connectivity index (χ0n) is 10.9. The van der Waals surface area contributed by atoms with Gasteiger partial charge in [0.25, 0.3) is 0 Å². The number of aromatic hydroxyl groups is 1. The van der Waals surface area contributed by atoms with Crippen LogP contribution in [0.2, 0.25) is 0 Å². The van der Waals surface area contributed by atoms with E-state index in [-0.39, 0.29) is 11.4 Å². The first-order chi connectivity index (χ1) is 7.98. The number of phenols is 1. The van der Waals surface area contributed by atoms with Gasteiger partial charge in [0.2, 0.25) is 0 Å². The minimum atomic E-state index is -0.180. The average Bonchev–Trinajstić information content (AvgIpc) is 2.31. The summed E-state index contributed by atoms with van der Waals surface area (Å²) in [5.74, 6) is 0.656. The van der Waals surface area contributed by atoms with Gasteiger partial charge in [0.05, 0.1) is 12.7 Å². The molecule has 0 radical (unpaired) electrons. The number of methoxy groups -OCH3 is 2. The van der Waals surface area contributed by atoms with Gasteiger partial charge in [-0.25, -0.2) is 0 Å². The van der Waals surface area contributed by atoms with Crippen LogP contribution in [-0.4, -0.2) is 31.5 Å². The quantitative estimate of drug-likeness (QED) is 0.796. The maximum absolute atomic E-state index is 9.46. The molecule has 0 saturated heterocycles. The van der Waals surface area contributed by atoms with Crippen molar-refractivity contribution >= 4 is 0 Å². The SMILES string of the molecule is COc1cc(CNCC(C)(C)OC)ccc1O. The third-order valence-corrected chi connectivity index (χ3v) is 2.68. The third-order valence-electron chi connectivity index (χ3n) is 2.68. The predicted molar refractivity (Wildman–Crippen MR) is 67.5 cm³/mol. The summed E-state index contributed by atoms with van der Waals surface area (Å²) in [5, 5.41) is 12.8. The average molecular weight is 239 g/mol. The van der Waals surface area contributed by atoms with E-state index >= 15 is 0 Å². The van der Waals surface area contributed by atoms with Crippen molar-refractivity contribution in [2.75, 3.05) is 20.8 Å². The molecule has 0 bridgehead atoms. The first-order valence-corrected chi connectivity index (χ1v) is 5.60. The number of phenolic OH excluding ortho intramolecular Hbond substituents is 1. The van der Waals surface area contributed by atoms with Gasteiger partial charge in [-0.05, 0) is 31.5 Å². The summed E-state index contributed by atoms with van der Waals surface area (Å²) in [6.07, 6.45) is 0. The first-order valence-electron chi connectivity index (χ1n) is 5.60. The molecular weight excluding hydrogens is 218 g/mol. The molecule has 0 aliphatic carbocycles. The molecule has 0 aliphatic rings. The standard InChI is InChI=1S/C13H21NO3/c1-13(2,17-4)9-14-8-10-5-6-11(15)12(7-10)16-3/h5-7,14-15H,8-9H2,1-4H3. The minimum Gasteiger partial charge on any atom is -0.504 e. The third kappa shape index (κ3) is 4.24. The van der Waals surface area contributed by atoms with E-state index < -0.39 is 0 Å². The van der Waals surface area contributed by atoms with E-state index in [0.29, 0.717) is 12.3 Å². The van der Waals surface area contributed by atoms with Crippen LogP contribution in [0.5, 0.6) is 11.5 Å². The van der Waals surface area contributed by atoms with Crippen LogP contribution in [0.25, 0.3) is 0 Å².